The van der Waals surface area contributed by atoms with Gasteiger partial charge in [0.1, 0.15) is 5.56 Å². The van der Waals surface area contributed by atoms with Gasteiger partial charge in [-0.25, -0.2) is 4.79 Å². The van der Waals surface area contributed by atoms with Crippen molar-refractivity contribution in [2.75, 3.05) is 25.0 Å². The molecule has 2 rings (SSSR count). The van der Waals surface area contributed by atoms with Crippen LogP contribution in [-0.4, -0.2) is 46.6 Å². The van der Waals surface area contributed by atoms with Crippen molar-refractivity contribution in [2.45, 2.75) is 25.8 Å². The quantitative estimate of drug-likeness (QED) is 0.769. The first kappa shape index (κ1) is 12.8. The summed E-state index contributed by atoms with van der Waals surface area (Å²) in [5, 5.41) is 12.2. The number of hydrogen-bond acceptors (Lipinski definition) is 4. The summed E-state index contributed by atoms with van der Waals surface area (Å²) >= 11 is 0. The van der Waals surface area contributed by atoms with Gasteiger partial charge in [0.15, 0.2) is 0 Å². The van der Waals surface area contributed by atoms with Gasteiger partial charge in [-0.3, -0.25) is 9.88 Å². The van der Waals surface area contributed by atoms with Crippen LogP contribution in [0.15, 0.2) is 18.5 Å². The SMILES string of the molecule is CCN(CCNc1ccncc1C(=O)O)C1CC1. The van der Waals surface area contributed by atoms with Gasteiger partial charge in [-0.15, -0.1) is 0 Å². The topological polar surface area (TPSA) is 65.5 Å². The average molecular weight is 249 g/mol. The van der Waals surface area contributed by atoms with Crippen molar-refractivity contribution in [1.29, 1.82) is 0 Å². The van der Waals surface area contributed by atoms with Crippen LogP contribution in [-0.2, 0) is 0 Å². The van der Waals surface area contributed by atoms with E-state index in [1.165, 1.54) is 19.0 Å². The summed E-state index contributed by atoms with van der Waals surface area (Å²) in [4.78, 5) is 17.3. The summed E-state index contributed by atoms with van der Waals surface area (Å²) in [5.74, 6) is -0.944. The molecule has 1 saturated carbocycles. The summed E-state index contributed by atoms with van der Waals surface area (Å²) in [7, 11) is 0. The molecule has 1 aliphatic rings. The highest BCUT2D eigenvalue weighted by Crippen LogP contribution is 2.26. The molecule has 5 heteroatoms. The molecule has 0 aromatic carbocycles. The minimum atomic E-state index is -0.944. The Bertz CT molecular complexity index is 418. The number of anilines is 1. The van der Waals surface area contributed by atoms with Gasteiger partial charge in [0.2, 0.25) is 0 Å². The lowest BCUT2D eigenvalue weighted by Gasteiger charge is -2.20. The number of pyridine rings is 1. The van der Waals surface area contributed by atoms with E-state index in [4.69, 9.17) is 5.11 Å². The van der Waals surface area contributed by atoms with Crippen molar-refractivity contribution in [3.05, 3.63) is 24.0 Å². The first-order valence-electron chi connectivity index (χ1n) is 6.37. The molecule has 5 nitrogen and oxygen atoms in total. The van der Waals surface area contributed by atoms with E-state index in [1.807, 2.05) is 0 Å². The van der Waals surface area contributed by atoms with E-state index in [-0.39, 0.29) is 5.56 Å². The van der Waals surface area contributed by atoms with Crippen molar-refractivity contribution in [3.8, 4) is 0 Å². The van der Waals surface area contributed by atoms with Gasteiger partial charge < -0.3 is 10.4 Å². The van der Waals surface area contributed by atoms with Gasteiger partial charge in [0.05, 0.1) is 5.69 Å². The predicted octanol–water partition coefficient (Wildman–Crippen LogP) is 1.68. The lowest BCUT2D eigenvalue weighted by molar-refractivity contribution is 0.0697. The largest absolute Gasteiger partial charge is 0.478 e. The molecule has 0 radical (unpaired) electrons. The summed E-state index contributed by atoms with van der Waals surface area (Å²) in [6.45, 7) is 4.92. The normalized spacial score (nSPS) is 14.8. The molecule has 0 amide bonds. The zero-order valence-corrected chi connectivity index (χ0v) is 10.6. The molecule has 1 aromatic rings. The summed E-state index contributed by atoms with van der Waals surface area (Å²) in [6.07, 6.45) is 5.57. The van der Waals surface area contributed by atoms with Crippen LogP contribution in [0.25, 0.3) is 0 Å². The molecule has 0 aliphatic heterocycles. The second kappa shape index (κ2) is 5.82. The molecule has 1 heterocycles. The Morgan fingerprint density at radius 3 is 3.00 bits per heavy atom. The number of nitrogens with one attached hydrogen (secondary N) is 1. The Morgan fingerprint density at radius 1 is 1.61 bits per heavy atom. The molecule has 0 atom stereocenters. The fraction of sp³-hybridized carbons (Fsp3) is 0.538. The second-order valence-electron chi connectivity index (χ2n) is 4.51. The van der Waals surface area contributed by atoms with E-state index in [0.29, 0.717) is 5.69 Å². The van der Waals surface area contributed by atoms with Gasteiger partial charge in [-0.1, -0.05) is 6.92 Å². The summed E-state index contributed by atoms with van der Waals surface area (Å²) < 4.78 is 0. The molecule has 0 unspecified atom stereocenters. The number of hydrogen-bond donors (Lipinski definition) is 2. The number of carboxylic acids is 1. The maximum atomic E-state index is 11.0. The lowest BCUT2D eigenvalue weighted by Crippen LogP contribution is -2.31. The fourth-order valence-corrected chi connectivity index (χ4v) is 2.09. The van der Waals surface area contributed by atoms with Gasteiger partial charge in [-0.2, -0.15) is 0 Å². The highest BCUT2D eigenvalue weighted by molar-refractivity contribution is 5.93. The average Bonchev–Trinajstić information content (AvgIpc) is 3.19. The number of carbonyl (C=O) groups is 1. The minimum absolute atomic E-state index is 0.229. The molecule has 1 aliphatic carbocycles. The fourth-order valence-electron chi connectivity index (χ4n) is 2.09. The Kier molecular flexibility index (Phi) is 4.15. The Balaban J connectivity index is 1.87. The number of aromatic nitrogens is 1. The van der Waals surface area contributed by atoms with Crippen LogP contribution in [0.2, 0.25) is 0 Å². The maximum absolute atomic E-state index is 11.0. The molecule has 98 valence electrons. The number of carboxylic acid groups (broad SMARTS) is 1. The van der Waals surface area contributed by atoms with Crippen LogP contribution < -0.4 is 5.32 Å². The standard InChI is InChI=1S/C13H19N3O2/c1-2-16(10-3-4-10)8-7-15-12-5-6-14-9-11(12)13(17)18/h5-6,9-10H,2-4,7-8H2,1H3,(H,14,15)(H,17,18). The van der Waals surface area contributed by atoms with Gasteiger partial charge >= 0.3 is 5.97 Å². The van der Waals surface area contributed by atoms with E-state index in [2.05, 4.69) is 22.1 Å². The molecular formula is C13H19N3O2. The molecule has 18 heavy (non-hydrogen) atoms. The van der Waals surface area contributed by atoms with Crippen LogP contribution in [0.5, 0.6) is 0 Å². The van der Waals surface area contributed by atoms with Crippen LogP contribution in [0.3, 0.4) is 0 Å². The first-order chi connectivity index (χ1) is 8.72. The molecule has 2 N–H and O–H groups in total. The zero-order chi connectivity index (χ0) is 13.0. The summed E-state index contributed by atoms with van der Waals surface area (Å²) in [5.41, 5.74) is 0.872. The predicted molar refractivity (Wildman–Crippen MR) is 70.0 cm³/mol. The Labute approximate surface area is 107 Å². The Hall–Kier alpha value is -1.62. The highest BCUT2D eigenvalue weighted by Gasteiger charge is 2.27. The maximum Gasteiger partial charge on any atom is 0.339 e. The molecule has 1 fully saturated rings. The smallest absolute Gasteiger partial charge is 0.339 e. The van der Waals surface area contributed by atoms with E-state index in [9.17, 15) is 4.79 Å². The number of likely N-dealkylation sites (N-methyl/N-ethyl adjacent to an activating group) is 1. The van der Waals surface area contributed by atoms with Gasteiger partial charge in [-0.05, 0) is 25.5 Å². The van der Waals surface area contributed by atoms with Crippen molar-refractivity contribution in [1.82, 2.24) is 9.88 Å². The van der Waals surface area contributed by atoms with Crippen molar-refractivity contribution in [3.63, 3.8) is 0 Å². The van der Waals surface area contributed by atoms with Gasteiger partial charge in [0, 0.05) is 31.5 Å². The van der Waals surface area contributed by atoms with Crippen molar-refractivity contribution in [2.24, 2.45) is 0 Å². The number of aromatic carboxylic acids is 1. The first-order valence-corrected chi connectivity index (χ1v) is 6.37. The number of nitrogens with zero attached hydrogens (tertiary/aromatic N) is 2. The van der Waals surface area contributed by atoms with Gasteiger partial charge in [0.25, 0.3) is 0 Å². The third kappa shape index (κ3) is 3.20. The van der Waals surface area contributed by atoms with Crippen molar-refractivity contribution < 1.29 is 9.90 Å². The van der Waals surface area contributed by atoms with Crippen LogP contribution in [0, 0.1) is 0 Å². The molecule has 1 aromatic heterocycles. The van der Waals surface area contributed by atoms with Crippen molar-refractivity contribution >= 4 is 11.7 Å². The highest BCUT2D eigenvalue weighted by atomic mass is 16.4. The van der Waals surface area contributed by atoms with E-state index >= 15 is 0 Å². The lowest BCUT2D eigenvalue weighted by atomic mass is 10.2. The molecule has 0 saturated heterocycles. The monoisotopic (exact) mass is 249 g/mol. The minimum Gasteiger partial charge on any atom is -0.478 e. The third-order valence-corrected chi connectivity index (χ3v) is 3.24. The zero-order valence-electron chi connectivity index (χ0n) is 10.6. The third-order valence-electron chi connectivity index (χ3n) is 3.24. The van der Waals surface area contributed by atoms with Crippen LogP contribution >= 0.6 is 0 Å². The van der Waals surface area contributed by atoms with Crippen LogP contribution in [0.4, 0.5) is 5.69 Å². The van der Waals surface area contributed by atoms with Crippen LogP contribution in [0.1, 0.15) is 30.1 Å². The summed E-state index contributed by atoms with van der Waals surface area (Å²) in [6, 6.07) is 2.45. The Morgan fingerprint density at radius 2 is 2.39 bits per heavy atom. The molecule has 0 spiro atoms. The second-order valence-corrected chi connectivity index (χ2v) is 4.51. The molecular weight excluding hydrogens is 230 g/mol. The van der Waals surface area contributed by atoms with E-state index in [0.717, 1.165) is 25.7 Å². The van der Waals surface area contributed by atoms with E-state index in [1.54, 1.807) is 12.3 Å². The number of rotatable bonds is 7. The molecule has 0 bridgehead atoms. The van der Waals surface area contributed by atoms with E-state index < -0.39 is 5.97 Å².